The van der Waals surface area contributed by atoms with Gasteiger partial charge >= 0.3 is 0 Å². The van der Waals surface area contributed by atoms with Crippen molar-refractivity contribution in [3.8, 4) is 0 Å². The number of halogens is 1. The van der Waals surface area contributed by atoms with E-state index >= 15 is 0 Å². The maximum atomic E-state index is 4.18. The van der Waals surface area contributed by atoms with Crippen LogP contribution in [0.5, 0.6) is 0 Å². The minimum atomic E-state index is 0.803. The molecule has 0 bridgehead atoms. The molecule has 1 aromatic heterocycles. The van der Waals surface area contributed by atoms with Gasteiger partial charge in [-0.2, -0.15) is 0 Å². The van der Waals surface area contributed by atoms with Crippen molar-refractivity contribution in [2.24, 2.45) is 0 Å². The largest absolute Gasteiger partial charge is 0.379 e. The molecular weight excluding hydrogens is 290 g/mol. The predicted molar refractivity (Wildman–Crippen MR) is 78.8 cm³/mol. The van der Waals surface area contributed by atoms with E-state index in [4.69, 9.17) is 0 Å². The van der Waals surface area contributed by atoms with Crippen LogP contribution in [0, 0.1) is 13.8 Å². The van der Waals surface area contributed by atoms with E-state index < -0.39 is 0 Å². The van der Waals surface area contributed by atoms with Gasteiger partial charge in [-0.1, -0.05) is 15.9 Å². The lowest BCUT2D eigenvalue weighted by molar-refractivity contribution is 0.719. The number of hydrogen-bond donors (Lipinski definition) is 1. The summed E-state index contributed by atoms with van der Waals surface area (Å²) in [7, 11) is 0. The molecule has 0 saturated heterocycles. The first kappa shape index (κ1) is 13.1. The summed E-state index contributed by atoms with van der Waals surface area (Å²) in [6.45, 7) is 8.13. The van der Waals surface area contributed by atoms with Crippen LogP contribution < -0.4 is 5.32 Å². The van der Waals surface area contributed by atoms with Crippen LogP contribution in [-0.4, -0.2) is 9.55 Å². The second-order valence-electron chi connectivity index (χ2n) is 4.44. The normalized spacial score (nSPS) is 10.7. The van der Waals surface area contributed by atoms with Crippen LogP contribution in [0.2, 0.25) is 0 Å². The molecule has 0 unspecified atom stereocenters. The van der Waals surface area contributed by atoms with Gasteiger partial charge in [0.25, 0.3) is 0 Å². The topological polar surface area (TPSA) is 29.9 Å². The van der Waals surface area contributed by atoms with Crippen molar-refractivity contribution in [3.05, 3.63) is 46.0 Å². The minimum absolute atomic E-state index is 0.803. The van der Waals surface area contributed by atoms with Crippen molar-refractivity contribution in [2.75, 3.05) is 5.32 Å². The molecule has 3 nitrogen and oxygen atoms in total. The summed E-state index contributed by atoms with van der Waals surface area (Å²) in [5.74, 6) is 0. The molecule has 18 heavy (non-hydrogen) atoms. The maximum Gasteiger partial charge on any atom is 0.0948 e. The first-order chi connectivity index (χ1) is 8.61. The highest BCUT2D eigenvalue weighted by atomic mass is 79.9. The smallest absolute Gasteiger partial charge is 0.0948 e. The van der Waals surface area contributed by atoms with Gasteiger partial charge in [-0.15, -0.1) is 0 Å². The molecule has 0 aliphatic heterocycles. The highest BCUT2D eigenvalue weighted by Gasteiger charge is 2.05. The van der Waals surface area contributed by atoms with Gasteiger partial charge in [0.2, 0.25) is 0 Å². The molecular formula is C14H18BrN3. The fourth-order valence-electron chi connectivity index (χ4n) is 2.15. The van der Waals surface area contributed by atoms with Gasteiger partial charge in [-0.3, -0.25) is 0 Å². The molecule has 0 spiro atoms. The van der Waals surface area contributed by atoms with Crippen molar-refractivity contribution in [3.63, 3.8) is 0 Å². The summed E-state index contributed by atoms with van der Waals surface area (Å²) < 4.78 is 3.28. The molecule has 0 saturated carbocycles. The van der Waals surface area contributed by atoms with E-state index in [0.717, 1.165) is 17.6 Å². The third-order valence-corrected chi connectivity index (χ3v) is 3.54. The number of aryl methyl sites for hydroxylation is 3. The Balaban J connectivity index is 2.16. The summed E-state index contributed by atoms with van der Waals surface area (Å²) >= 11 is 3.52. The number of hydrogen-bond acceptors (Lipinski definition) is 2. The van der Waals surface area contributed by atoms with E-state index in [0.29, 0.717) is 0 Å². The number of nitrogens with one attached hydrogen (secondary N) is 1. The van der Waals surface area contributed by atoms with Crippen molar-refractivity contribution in [2.45, 2.75) is 33.9 Å². The Kier molecular flexibility index (Phi) is 4.07. The Morgan fingerprint density at radius 3 is 2.56 bits per heavy atom. The van der Waals surface area contributed by atoms with Gasteiger partial charge in [0, 0.05) is 22.9 Å². The first-order valence-corrected chi connectivity index (χ1v) is 6.90. The van der Waals surface area contributed by atoms with E-state index in [2.05, 4.69) is 63.7 Å². The predicted octanol–water partition coefficient (Wildman–Crippen LogP) is 3.89. The molecule has 0 radical (unpaired) electrons. The molecule has 4 heteroatoms. The SMILES string of the molecule is CCn1cncc1CNc1c(C)cc(Br)cc1C. The Bertz CT molecular complexity index is 523. The third-order valence-electron chi connectivity index (χ3n) is 3.08. The van der Waals surface area contributed by atoms with Gasteiger partial charge in [-0.05, 0) is 44.0 Å². The van der Waals surface area contributed by atoms with Gasteiger partial charge in [-0.25, -0.2) is 4.98 Å². The number of imidazole rings is 1. The molecule has 1 heterocycles. The highest BCUT2D eigenvalue weighted by molar-refractivity contribution is 9.10. The Labute approximate surface area is 116 Å². The summed E-state index contributed by atoms with van der Waals surface area (Å²) in [6, 6.07) is 4.26. The lowest BCUT2D eigenvalue weighted by atomic mass is 10.1. The van der Waals surface area contributed by atoms with E-state index in [9.17, 15) is 0 Å². The monoisotopic (exact) mass is 307 g/mol. The highest BCUT2D eigenvalue weighted by Crippen LogP contribution is 2.25. The summed E-state index contributed by atoms with van der Waals surface area (Å²) in [5.41, 5.74) is 4.93. The van der Waals surface area contributed by atoms with Gasteiger partial charge in [0.05, 0.1) is 18.6 Å². The Morgan fingerprint density at radius 2 is 1.94 bits per heavy atom. The molecule has 2 rings (SSSR count). The van der Waals surface area contributed by atoms with Crippen LogP contribution in [0.25, 0.3) is 0 Å². The number of nitrogens with zero attached hydrogens (tertiary/aromatic N) is 2. The maximum absolute atomic E-state index is 4.18. The van der Waals surface area contributed by atoms with Crippen molar-refractivity contribution in [1.82, 2.24) is 9.55 Å². The lowest BCUT2D eigenvalue weighted by Crippen LogP contribution is -2.07. The number of anilines is 1. The second kappa shape index (κ2) is 5.57. The van der Waals surface area contributed by atoms with Crippen LogP contribution in [0.4, 0.5) is 5.69 Å². The van der Waals surface area contributed by atoms with Gasteiger partial charge in [0.1, 0.15) is 0 Å². The zero-order chi connectivity index (χ0) is 13.1. The standard InChI is InChI=1S/C14H18BrN3/c1-4-18-9-16-7-13(18)8-17-14-10(2)5-12(15)6-11(14)3/h5-7,9,17H,4,8H2,1-3H3. The minimum Gasteiger partial charge on any atom is -0.379 e. The fraction of sp³-hybridized carbons (Fsp3) is 0.357. The molecule has 0 atom stereocenters. The second-order valence-corrected chi connectivity index (χ2v) is 5.35. The quantitative estimate of drug-likeness (QED) is 0.928. The van der Waals surface area contributed by atoms with Crippen LogP contribution in [-0.2, 0) is 13.1 Å². The zero-order valence-electron chi connectivity index (χ0n) is 11.0. The van der Waals surface area contributed by atoms with E-state index in [1.807, 2.05) is 12.5 Å². The van der Waals surface area contributed by atoms with Crippen LogP contribution in [0.15, 0.2) is 29.1 Å². The summed E-state index contributed by atoms with van der Waals surface area (Å²) in [4.78, 5) is 4.18. The van der Waals surface area contributed by atoms with E-state index in [-0.39, 0.29) is 0 Å². The molecule has 1 N–H and O–H groups in total. The molecule has 1 aromatic carbocycles. The molecule has 96 valence electrons. The molecule has 0 aliphatic rings. The Morgan fingerprint density at radius 1 is 1.28 bits per heavy atom. The van der Waals surface area contributed by atoms with Crippen LogP contribution in [0.3, 0.4) is 0 Å². The summed E-state index contributed by atoms with van der Waals surface area (Å²) in [5, 5.41) is 3.50. The molecule has 0 fully saturated rings. The average Bonchev–Trinajstić information content (AvgIpc) is 2.75. The number of aromatic nitrogens is 2. The van der Waals surface area contributed by atoms with Gasteiger partial charge < -0.3 is 9.88 Å². The van der Waals surface area contributed by atoms with Crippen molar-refractivity contribution in [1.29, 1.82) is 0 Å². The molecule has 0 aliphatic carbocycles. The van der Waals surface area contributed by atoms with Crippen LogP contribution in [0.1, 0.15) is 23.7 Å². The van der Waals surface area contributed by atoms with E-state index in [1.54, 1.807) is 0 Å². The van der Waals surface area contributed by atoms with Crippen LogP contribution >= 0.6 is 15.9 Å². The number of rotatable bonds is 4. The lowest BCUT2D eigenvalue weighted by Gasteiger charge is -2.14. The van der Waals surface area contributed by atoms with Crippen molar-refractivity contribution < 1.29 is 0 Å². The average molecular weight is 308 g/mol. The summed E-state index contributed by atoms with van der Waals surface area (Å²) in [6.07, 6.45) is 3.79. The van der Waals surface area contributed by atoms with E-state index in [1.165, 1.54) is 22.5 Å². The molecule has 2 aromatic rings. The number of benzene rings is 1. The van der Waals surface area contributed by atoms with Gasteiger partial charge in [0.15, 0.2) is 0 Å². The Hall–Kier alpha value is -1.29. The zero-order valence-corrected chi connectivity index (χ0v) is 12.6. The van der Waals surface area contributed by atoms with Crippen molar-refractivity contribution >= 4 is 21.6 Å². The fourth-order valence-corrected chi connectivity index (χ4v) is 2.84. The first-order valence-electron chi connectivity index (χ1n) is 6.11. The third kappa shape index (κ3) is 2.75. The molecule has 0 amide bonds.